The van der Waals surface area contributed by atoms with Gasteiger partial charge in [-0.1, -0.05) is 42.0 Å². The molecule has 28 heavy (non-hydrogen) atoms. The molecule has 2 aromatic carbocycles. The van der Waals surface area contributed by atoms with Gasteiger partial charge in [0.1, 0.15) is 5.75 Å². The van der Waals surface area contributed by atoms with E-state index in [1.165, 1.54) is 19.4 Å². The highest BCUT2D eigenvalue weighted by molar-refractivity contribution is 6.35. The van der Waals surface area contributed by atoms with E-state index in [4.69, 9.17) is 4.74 Å². The number of hydrazone groups is 1. The van der Waals surface area contributed by atoms with Crippen molar-refractivity contribution in [3.63, 3.8) is 0 Å². The van der Waals surface area contributed by atoms with Crippen LogP contribution in [0.2, 0.25) is 0 Å². The number of rotatable bonds is 2. The molecular formula is C22H18N2O4. The summed E-state index contributed by atoms with van der Waals surface area (Å²) in [6, 6.07) is 11.8. The lowest BCUT2D eigenvalue weighted by Crippen LogP contribution is -2.56. The van der Waals surface area contributed by atoms with Crippen molar-refractivity contribution in [1.82, 2.24) is 5.01 Å². The number of nitrogens with zero attached hydrogens (tertiary/aromatic N) is 2. The zero-order valence-electron chi connectivity index (χ0n) is 15.7. The average molecular weight is 374 g/mol. The van der Waals surface area contributed by atoms with E-state index in [-0.39, 0.29) is 11.1 Å². The van der Waals surface area contributed by atoms with Gasteiger partial charge in [-0.2, -0.15) is 5.10 Å². The van der Waals surface area contributed by atoms with Crippen molar-refractivity contribution in [2.45, 2.75) is 19.4 Å². The van der Waals surface area contributed by atoms with Gasteiger partial charge in [0.15, 0.2) is 0 Å². The van der Waals surface area contributed by atoms with Crippen molar-refractivity contribution in [1.29, 1.82) is 0 Å². The number of Topliss-reactive ketones (excluding diaryl/α,β-unsaturated/α-hetero) is 2. The molecule has 0 saturated heterocycles. The molecule has 2 aliphatic rings. The fourth-order valence-electron chi connectivity index (χ4n) is 3.85. The number of allylic oxidation sites excluding steroid dienone is 1. The number of ketones is 2. The van der Waals surface area contributed by atoms with Crippen molar-refractivity contribution < 1.29 is 19.1 Å². The van der Waals surface area contributed by atoms with Crippen LogP contribution < -0.4 is 4.74 Å². The SMILES string of the molecule is COc1cccc2c1C1(C(=O)c3ccccc3C1=O)N(C(=O)C=C(C)C)N=C2. The largest absolute Gasteiger partial charge is 0.496 e. The highest BCUT2D eigenvalue weighted by atomic mass is 16.5. The van der Waals surface area contributed by atoms with Crippen LogP contribution in [-0.2, 0) is 10.3 Å². The third kappa shape index (κ3) is 2.21. The molecule has 0 saturated carbocycles. The van der Waals surface area contributed by atoms with Crippen LogP contribution in [0, 0.1) is 0 Å². The Morgan fingerprint density at radius 3 is 2.25 bits per heavy atom. The highest BCUT2D eigenvalue weighted by Gasteiger charge is 2.62. The molecular weight excluding hydrogens is 356 g/mol. The second-order valence-electron chi connectivity index (χ2n) is 6.96. The van der Waals surface area contributed by atoms with Gasteiger partial charge in [-0.15, -0.1) is 0 Å². The molecule has 1 aliphatic heterocycles. The zero-order valence-corrected chi connectivity index (χ0v) is 15.7. The minimum absolute atomic E-state index is 0.274. The van der Waals surface area contributed by atoms with Crippen LogP contribution in [-0.4, -0.2) is 35.8 Å². The van der Waals surface area contributed by atoms with Crippen LogP contribution in [0.4, 0.5) is 0 Å². The first-order valence-electron chi connectivity index (χ1n) is 8.82. The van der Waals surface area contributed by atoms with E-state index in [9.17, 15) is 14.4 Å². The lowest BCUT2D eigenvalue weighted by Gasteiger charge is -2.38. The van der Waals surface area contributed by atoms with E-state index in [1.807, 2.05) is 0 Å². The summed E-state index contributed by atoms with van der Waals surface area (Å²) in [6.07, 6.45) is 2.84. The molecule has 0 radical (unpaired) electrons. The van der Waals surface area contributed by atoms with E-state index in [1.54, 1.807) is 56.3 Å². The summed E-state index contributed by atoms with van der Waals surface area (Å²) in [5, 5.41) is 5.23. The quantitative estimate of drug-likeness (QED) is 0.598. The molecule has 1 heterocycles. The maximum atomic E-state index is 13.7. The van der Waals surface area contributed by atoms with E-state index in [0.717, 1.165) is 10.6 Å². The van der Waals surface area contributed by atoms with E-state index >= 15 is 0 Å². The van der Waals surface area contributed by atoms with Gasteiger partial charge in [-0.05, 0) is 19.9 Å². The van der Waals surface area contributed by atoms with Crippen molar-refractivity contribution in [3.05, 3.63) is 76.4 Å². The van der Waals surface area contributed by atoms with E-state index in [0.29, 0.717) is 16.9 Å². The second-order valence-corrected chi connectivity index (χ2v) is 6.96. The van der Waals surface area contributed by atoms with Gasteiger partial charge in [0, 0.05) is 28.3 Å². The van der Waals surface area contributed by atoms with Gasteiger partial charge in [-0.25, -0.2) is 5.01 Å². The lowest BCUT2D eigenvalue weighted by atomic mass is 9.79. The summed E-state index contributed by atoms with van der Waals surface area (Å²) >= 11 is 0. The molecule has 6 heteroatoms. The van der Waals surface area contributed by atoms with Gasteiger partial charge in [0.2, 0.25) is 17.1 Å². The number of ether oxygens (including phenoxy) is 1. The van der Waals surface area contributed by atoms with Crippen LogP contribution in [0.25, 0.3) is 0 Å². The standard InChI is InChI=1S/C22H18N2O4/c1-13(2)11-18(25)24-22(19-14(12-23-24)7-6-10-17(19)28-3)20(26)15-8-4-5-9-16(15)21(22)27/h4-12H,1-3H3. The van der Waals surface area contributed by atoms with Crippen molar-refractivity contribution in [2.75, 3.05) is 7.11 Å². The summed E-state index contributed by atoms with van der Waals surface area (Å²) in [5.41, 5.74) is 0.275. The number of methoxy groups -OCH3 is 1. The Hall–Kier alpha value is -3.54. The topological polar surface area (TPSA) is 76.0 Å². The number of amides is 1. The van der Waals surface area contributed by atoms with Gasteiger partial charge >= 0.3 is 0 Å². The molecule has 0 aromatic heterocycles. The summed E-state index contributed by atoms with van der Waals surface area (Å²) in [4.78, 5) is 40.3. The third-order valence-electron chi connectivity index (χ3n) is 4.96. The smallest absolute Gasteiger partial charge is 0.268 e. The average Bonchev–Trinajstić information content (AvgIpc) is 2.90. The highest BCUT2D eigenvalue weighted by Crippen LogP contribution is 2.48. The van der Waals surface area contributed by atoms with Crippen LogP contribution in [0.5, 0.6) is 5.75 Å². The molecule has 0 unspecified atom stereocenters. The fraction of sp³-hybridized carbons (Fsp3) is 0.182. The first-order valence-corrected chi connectivity index (χ1v) is 8.82. The molecule has 6 nitrogen and oxygen atoms in total. The molecule has 0 bridgehead atoms. The number of fused-ring (bicyclic) bond motifs is 3. The molecule has 0 fully saturated rings. The van der Waals surface area contributed by atoms with E-state index < -0.39 is 23.0 Å². The molecule has 1 spiro atoms. The fourth-order valence-corrected chi connectivity index (χ4v) is 3.85. The third-order valence-corrected chi connectivity index (χ3v) is 4.96. The molecule has 0 atom stereocenters. The lowest BCUT2D eigenvalue weighted by molar-refractivity contribution is -0.130. The Bertz CT molecular complexity index is 1060. The first-order chi connectivity index (χ1) is 13.4. The number of hydrogen-bond acceptors (Lipinski definition) is 5. The summed E-state index contributed by atoms with van der Waals surface area (Å²) in [7, 11) is 1.47. The Labute approximate surface area is 162 Å². The minimum Gasteiger partial charge on any atom is -0.496 e. The molecule has 140 valence electrons. The molecule has 0 N–H and O–H groups in total. The van der Waals surface area contributed by atoms with E-state index in [2.05, 4.69) is 5.10 Å². The number of carbonyl (C=O) groups is 3. The second kappa shape index (κ2) is 6.27. The van der Waals surface area contributed by atoms with Crippen LogP contribution >= 0.6 is 0 Å². The molecule has 1 aliphatic carbocycles. The maximum Gasteiger partial charge on any atom is 0.268 e. The van der Waals surface area contributed by atoms with Gasteiger partial charge < -0.3 is 4.74 Å². The predicted molar refractivity (Wildman–Crippen MR) is 104 cm³/mol. The maximum absolute atomic E-state index is 13.7. The normalized spacial score (nSPS) is 16.0. The summed E-state index contributed by atoms with van der Waals surface area (Å²) in [6.45, 7) is 3.53. The van der Waals surface area contributed by atoms with Crippen molar-refractivity contribution >= 4 is 23.7 Å². The monoisotopic (exact) mass is 374 g/mol. The number of hydrogen-bond donors (Lipinski definition) is 0. The van der Waals surface area contributed by atoms with Crippen molar-refractivity contribution in [2.24, 2.45) is 5.10 Å². The molecule has 4 rings (SSSR count). The molecule has 2 aromatic rings. The Morgan fingerprint density at radius 2 is 1.68 bits per heavy atom. The van der Waals surface area contributed by atoms with Gasteiger partial charge in [0.05, 0.1) is 13.3 Å². The Kier molecular flexibility index (Phi) is 4.00. The van der Waals surface area contributed by atoms with Crippen molar-refractivity contribution in [3.8, 4) is 5.75 Å². The minimum atomic E-state index is -1.91. The zero-order chi connectivity index (χ0) is 20.1. The van der Waals surface area contributed by atoms with Gasteiger partial charge in [0.25, 0.3) is 5.91 Å². The summed E-state index contributed by atoms with van der Waals surface area (Å²) in [5.74, 6) is -1.15. The van der Waals surface area contributed by atoms with Crippen LogP contribution in [0.15, 0.2) is 59.2 Å². The van der Waals surface area contributed by atoms with Gasteiger partial charge in [-0.3, -0.25) is 14.4 Å². The first kappa shape index (κ1) is 17.9. The van der Waals surface area contributed by atoms with Crippen LogP contribution in [0.1, 0.15) is 45.7 Å². The number of benzene rings is 2. The Morgan fingerprint density at radius 1 is 1.04 bits per heavy atom. The van der Waals surface area contributed by atoms with Crippen LogP contribution in [0.3, 0.4) is 0 Å². The number of carbonyl (C=O) groups excluding carboxylic acids is 3. The predicted octanol–water partition coefficient (Wildman–Crippen LogP) is 3.11. The molecule has 1 amide bonds. The summed E-state index contributed by atoms with van der Waals surface area (Å²) < 4.78 is 5.48. The Balaban J connectivity index is 2.08.